The molecule has 0 aliphatic carbocycles. The van der Waals surface area contributed by atoms with Gasteiger partial charge in [0, 0.05) is 17.8 Å². The number of methoxy groups -OCH3 is 1. The quantitative estimate of drug-likeness (QED) is 0.766. The average molecular weight is 354 g/mol. The molecular formula is C20H19FN2O3. The summed E-state index contributed by atoms with van der Waals surface area (Å²) in [6.07, 6.45) is 0.521. The first-order chi connectivity index (χ1) is 12.5. The monoisotopic (exact) mass is 354 g/mol. The van der Waals surface area contributed by atoms with E-state index in [4.69, 9.17) is 4.74 Å². The van der Waals surface area contributed by atoms with Crippen LogP contribution in [0.25, 0.3) is 11.1 Å². The summed E-state index contributed by atoms with van der Waals surface area (Å²) in [5.41, 5.74) is 0.548. The minimum atomic E-state index is -0.628. The van der Waals surface area contributed by atoms with Gasteiger partial charge in [0.25, 0.3) is 5.56 Å². The molecule has 26 heavy (non-hydrogen) atoms. The Morgan fingerprint density at radius 3 is 2.50 bits per heavy atom. The van der Waals surface area contributed by atoms with E-state index in [1.165, 1.54) is 19.2 Å². The van der Waals surface area contributed by atoms with Crippen molar-refractivity contribution >= 4 is 0 Å². The lowest BCUT2D eigenvalue weighted by Gasteiger charge is -2.12. The highest BCUT2D eigenvalue weighted by atomic mass is 19.1. The number of aromatic amines is 1. The maximum atomic E-state index is 14.6. The zero-order valence-electron chi connectivity index (χ0n) is 14.6. The number of nitrogens with one attached hydrogen (secondary N) is 1. The van der Waals surface area contributed by atoms with Crippen LogP contribution >= 0.6 is 0 Å². The van der Waals surface area contributed by atoms with Gasteiger partial charge in [0.15, 0.2) is 11.6 Å². The molecular weight excluding hydrogens is 335 g/mol. The zero-order valence-corrected chi connectivity index (χ0v) is 14.6. The number of hydrogen-bond acceptors (Lipinski definition) is 3. The molecule has 0 atom stereocenters. The lowest BCUT2D eigenvalue weighted by molar-refractivity contribution is 0.387. The minimum Gasteiger partial charge on any atom is -0.494 e. The van der Waals surface area contributed by atoms with Crippen LogP contribution in [0, 0.1) is 12.7 Å². The van der Waals surface area contributed by atoms with Crippen LogP contribution in [0.15, 0.2) is 58.1 Å². The van der Waals surface area contributed by atoms with Crippen LogP contribution in [-0.4, -0.2) is 16.7 Å². The van der Waals surface area contributed by atoms with Gasteiger partial charge in [-0.3, -0.25) is 9.36 Å². The Morgan fingerprint density at radius 2 is 1.81 bits per heavy atom. The number of H-pyrrole nitrogens is 1. The highest BCUT2D eigenvalue weighted by Gasteiger charge is 2.18. The number of benzene rings is 2. The molecule has 6 heteroatoms. The number of ether oxygens (including phenoxy) is 1. The Hall–Kier alpha value is -3.15. The van der Waals surface area contributed by atoms with Crippen molar-refractivity contribution < 1.29 is 9.13 Å². The number of halogens is 1. The minimum absolute atomic E-state index is 0.0448. The fraction of sp³-hybridized carbons (Fsp3) is 0.200. The van der Waals surface area contributed by atoms with Gasteiger partial charge < -0.3 is 9.72 Å². The van der Waals surface area contributed by atoms with E-state index in [1.54, 1.807) is 13.0 Å². The summed E-state index contributed by atoms with van der Waals surface area (Å²) in [6.45, 7) is 1.79. The second-order valence-corrected chi connectivity index (χ2v) is 5.94. The molecule has 0 saturated carbocycles. The van der Waals surface area contributed by atoms with Crippen LogP contribution in [-0.2, 0) is 13.0 Å². The molecule has 134 valence electrons. The molecule has 1 N–H and O–H groups in total. The largest absolute Gasteiger partial charge is 0.494 e. The van der Waals surface area contributed by atoms with E-state index in [1.807, 2.05) is 30.3 Å². The molecule has 0 radical (unpaired) electrons. The van der Waals surface area contributed by atoms with Gasteiger partial charge in [-0.05, 0) is 25.0 Å². The van der Waals surface area contributed by atoms with Gasteiger partial charge in [-0.2, -0.15) is 0 Å². The van der Waals surface area contributed by atoms with Crippen molar-refractivity contribution in [1.82, 2.24) is 9.55 Å². The van der Waals surface area contributed by atoms with E-state index in [-0.39, 0.29) is 23.4 Å². The SMILES string of the molecule is COc1cccc(-c2c(C)[nH]c(=O)n(CCc3ccccc3)c2=O)c1F. The van der Waals surface area contributed by atoms with Gasteiger partial charge in [0.05, 0.1) is 12.7 Å². The van der Waals surface area contributed by atoms with Crippen molar-refractivity contribution in [2.75, 3.05) is 7.11 Å². The summed E-state index contributed by atoms with van der Waals surface area (Å²) in [5.74, 6) is -0.583. The van der Waals surface area contributed by atoms with Crippen molar-refractivity contribution in [3.8, 4) is 16.9 Å². The number of hydrogen-bond donors (Lipinski definition) is 1. The zero-order chi connectivity index (χ0) is 18.7. The average Bonchev–Trinajstić information content (AvgIpc) is 2.63. The molecule has 0 unspecified atom stereocenters. The van der Waals surface area contributed by atoms with Gasteiger partial charge in [0.1, 0.15) is 0 Å². The molecule has 0 spiro atoms. The summed E-state index contributed by atoms with van der Waals surface area (Å²) in [5, 5.41) is 0. The molecule has 0 amide bonds. The normalized spacial score (nSPS) is 10.7. The Morgan fingerprint density at radius 1 is 1.08 bits per heavy atom. The Bertz CT molecular complexity index is 1040. The van der Waals surface area contributed by atoms with Crippen LogP contribution in [0.1, 0.15) is 11.3 Å². The third kappa shape index (κ3) is 3.31. The molecule has 0 bridgehead atoms. The van der Waals surface area contributed by atoms with Gasteiger partial charge in [-0.15, -0.1) is 0 Å². The molecule has 0 aliphatic heterocycles. The van der Waals surface area contributed by atoms with Crippen LogP contribution in [0.3, 0.4) is 0 Å². The third-order valence-corrected chi connectivity index (χ3v) is 4.29. The summed E-state index contributed by atoms with van der Waals surface area (Å²) < 4.78 is 20.7. The molecule has 5 nitrogen and oxygen atoms in total. The number of aryl methyl sites for hydroxylation is 2. The molecule has 0 aliphatic rings. The van der Waals surface area contributed by atoms with Crippen molar-refractivity contribution in [3.05, 3.63) is 86.4 Å². The van der Waals surface area contributed by atoms with E-state index in [0.717, 1.165) is 10.1 Å². The van der Waals surface area contributed by atoms with E-state index in [0.29, 0.717) is 12.1 Å². The second kappa shape index (κ2) is 7.39. The molecule has 0 saturated heterocycles. The molecule has 0 fully saturated rings. The van der Waals surface area contributed by atoms with Crippen LogP contribution < -0.4 is 16.0 Å². The van der Waals surface area contributed by atoms with E-state index in [9.17, 15) is 14.0 Å². The lowest BCUT2D eigenvalue weighted by Crippen LogP contribution is -2.37. The van der Waals surface area contributed by atoms with Gasteiger partial charge >= 0.3 is 5.69 Å². The molecule has 3 rings (SSSR count). The molecule has 2 aromatic carbocycles. The van der Waals surface area contributed by atoms with Gasteiger partial charge in [0.2, 0.25) is 0 Å². The highest BCUT2D eigenvalue weighted by Crippen LogP contribution is 2.27. The fourth-order valence-corrected chi connectivity index (χ4v) is 2.95. The van der Waals surface area contributed by atoms with Crippen LogP contribution in [0.2, 0.25) is 0 Å². The topological polar surface area (TPSA) is 64.1 Å². The van der Waals surface area contributed by atoms with Crippen LogP contribution in [0.4, 0.5) is 4.39 Å². The van der Waals surface area contributed by atoms with Crippen molar-refractivity contribution in [2.24, 2.45) is 0 Å². The maximum absolute atomic E-state index is 14.6. The molecule has 1 aromatic heterocycles. The van der Waals surface area contributed by atoms with E-state index in [2.05, 4.69) is 4.98 Å². The van der Waals surface area contributed by atoms with Crippen molar-refractivity contribution in [3.63, 3.8) is 0 Å². The van der Waals surface area contributed by atoms with E-state index < -0.39 is 17.1 Å². The fourth-order valence-electron chi connectivity index (χ4n) is 2.95. The number of rotatable bonds is 5. The summed E-state index contributed by atoms with van der Waals surface area (Å²) in [6, 6.07) is 14.1. The first-order valence-electron chi connectivity index (χ1n) is 8.23. The Labute approximate surface area is 149 Å². The first kappa shape index (κ1) is 17.7. The number of nitrogens with zero attached hydrogens (tertiary/aromatic N) is 1. The predicted octanol–water partition coefficient (Wildman–Crippen LogP) is 2.90. The Kier molecular flexibility index (Phi) is 5.02. The summed E-state index contributed by atoms with van der Waals surface area (Å²) in [4.78, 5) is 27.8. The first-order valence-corrected chi connectivity index (χ1v) is 8.23. The second-order valence-electron chi connectivity index (χ2n) is 5.94. The smallest absolute Gasteiger partial charge is 0.328 e. The van der Waals surface area contributed by atoms with Crippen LogP contribution in [0.5, 0.6) is 5.75 Å². The molecule has 1 heterocycles. The maximum Gasteiger partial charge on any atom is 0.328 e. The van der Waals surface area contributed by atoms with Gasteiger partial charge in [-0.25, -0.2) is 9.18 Å². The highest BCUT2D eigenvalue weighted by molar-refractivity contribution is 5.67. The molecule has 3 aromatic rings. The lowest BCUT2D eigenvalue weighted by atomic mass is 10.0. The summed E-state index contributed by atoms with van der Waals surface area (Å²) >= 11 is 0. The third-order valence-electron chi connectivity index (χ3n) is 4.29. The van der Waals surface area contributed by atoms with Crippen molar-refractivity contribution in [1.29, 1.82) is 0 Å². The Balaban J connectivity index is 2.08. The predicted molar refractivity (Wildman–Crippen MR) is 98.2 cm³/mol. The van der Waals surface area contributed by atoms with Gasteiger partial charge in [-0.1, -0.05) is 42.5 Å². The standard InChI is InChI=1S/C20H19FN2O3/c1-13-17(15-9-6-10-16(26-2)18(15)21)19(24)23(20(25)22-13)12-11-14-7-4-3-5-8-14/h3-10H,11-12H2,1-2H3,(H,22,25). The van der Waals surface area contributed by atoms with Crippen molar-refractivity contribution in [2.45, 2.75) is 19.9 Å². The van der Waals surface area contributed by atoms with E-state index >= 15 is 0 Å². The number of aromatic nitrogens is 2. The summed E-state index contributed by atoms with van der Waals surface area (Å²) in [7, 11) is 1.36.